The number of nitrogens with one attached hydrogen (secondary N) is 6. The maximum Gasteiger partial charge on any atom is 0.239 e. The molecule has 0 spiro atoms. The van der Waals surface area contributed by atoms with Crippen molar-refractivity contribution in [2.45, 2.75) is 44.1 Å². The molecule has 1 amide bonds. The summed E-state index contributed by atoms with van der Waals surface area (Å²) in [7, 11) is 1.68. The number of hydrazone groups is 1. The first-order chi connectivity index (χ1) is 22.2. The molecule has 3 aromatic carbocycles. The number of benzene rings is 3. The largest absolute Gasteiger partial charge is 0.497 e. The zero-order chi connectivity index (χ0) is 30.6. The predicted octanol–water partition coefficient (Wildman–Crippen LogP) is 3.62. The number of hydrogen-bond donors (Lipinski definition) is 6. The number of methoxy groups -OCH3 is 1. The van der Waals surface area contributed by atoms with E-state index in [2.05, 4.69) is 103 Å². The van der Waals surface area contributed by atoms with Crippen LogP contribution in [-0.2, 0) is 24.2 Å². The van der Waals surface area contributed by atoms with Crippen LogP contribution in [0.3, 0.4) is 0 Å². The van der Waals surface area contributed by atoms with Crippen LogP contribution in [0.25, 0.3) is 21.8 Å². The van der Waals surface area contributed by atoms with Gasteiger partial charge in [-0.05, 0) is 53.8 Å². The number of H-pyrrole nitrogens is 2. The number of piperazine rings is 1. The van der Waals surface area contributed by atoms with Crippen molar-refractivity contribution < 1.29 is 9.53 Å². The zero-order valence-corrected chi connectivity index (χ0v) is 25.5. The molecule has 2 aliphatic heterocycles. The topological polar surface area (TPSA) is 122 Å². The van der Waals surface area contributed by atoms with Crippen LogP contribution in [0.2, 0.25) is 0 Å². The maximum absolute atomic E-state index is 13.6. The van der Waals surface area contributed by atoms with Gasteiger partial charge in [0.05, 0.1) is 19.2 Å². The predicted molar refractivity (Wildman–Crippen MR) is 178 cm³/mol. The number of amides is 1. The van der Waals surface area contributed by atoms with Gasteiger partial charge in [-0.3, -0.25) is 10.2 Å². The molecular weight excluding hydrogens is 564 g/mol. The highest BCUT2D eigenvalue weighted by Gasteiger charge is 2.35. The summed E-state index contributed by atoms with van der Waals surface area (Å²) in [5.74, 6) is 1.62. The Labute approximate surface area is 262 Å². The number of carbonyl (C=O) groups is 1. The lowest BCUT2D eigenvalue weighted by Crippen LogP contribution is -2.59. The van der Waals surface area contributed by atoms with E-state index in [0.29, 0.717) is 19.5 Å². The van der Waals surface area contributed by atoms with Crippen LogP contribution in [-0.4, -0.2) is 71.6 Å². The molecule has 2 aliphatic rings. The second-order valence-electron chi connectivity index (χ2n) is 11.8. The van der Waals surface area contributed by atoms with Crippen molar-refractivity contribution >= 4 is 33.5 Å². The summed E-state index contributed by atoms with van der Waals surface area (Å²) in [4.78, 5) is 22.8. The van der Waals surface area contributed by atoms with Gasteiger partial charge in [-0.1, -0.05) is 48.5 Å². The average Bonchev–Trinajstić information content (AvgIpc) is 3.81. The lowest BCUT2D eigenvalue weighted by molar-refractivity contribution is -0.123. The van der Waals surface area contributed by atoms with Gasteiger partial charge in [0, 0.05) is 66.8 Å². The number of nitrogens with zero attached hydrogens (tertiary/aromatic N) is 2. The smallest absolute Gasteiger partial charge is 0.239 e. The molecule has 6 N–H and O–H groups in total. The molecule has 2 unspecified atom stereocenters. The lowest BCUT2D eigenvalue weighted by atomic mass is 10.0. The van der Waals surface area contributed by atoms with Crippen molar-refractivity contribution in [2.24, 2.45) is 5.10 Å². The van der Waals surface area contributed by atoms with E-state index in [1.807, 2.05) is 18.2 Å². The highest BCUT2D eigenvalue weighted by atomic mass is 16.5. The van der Waals surface area contributed by atoms with Crippen LogP contribution in [0.15, 0.2) is 90.3 Å². The van der Waals surface area contributed by atoms with E-state index in [4.69, 9.17) is 9.84 Å². The first-order valence-corrected chi connectivity index (χ1v) is 15.7. The molecule has 0 aliphatic carbocycles. The summed E-state index contributed by atoms with van der Waals surface area (Å²) in [6.07, 6.45) is 6.43. The van der Waals surface area contributed by atoms with Gasteiger partial charge >= 0.3 is 0 Å². The van der Waals surface area contributed by atoms with Crippen LogP contribution in [0, 0.1) is 0 Å². The van der Waals surface area contributed by atoms with E-state index in [0.717, 1.165) is 65.1 Å². The number of aromatic amines is 2. The third-order valence-electron chi connectivity index (χ3n) is 8.96. The fraction of sp³-hybridized carbons (Fsp3) is 0.314. The van der Waals surface area contributed by atoms with E-state index >= 15 is 0 Å². The number of ether oxygens (including phenoxy) is 1. The number of fused-ring (bicyclic) bond motifs is 2. The highest BCUT2D eigenvalue weighted by molar-refractivity contribution is 5.95. The Bertz CT molecular complexity index is 1790. The molecule has 10 heteroatoms. The molecule has 232 valence electrons. The highest BCUT2D eigenvalue weighted by Crippen LogP contribution is 2.26. The van der Waals surface area contributed by atoms with Gasteiger partial charge in [0.2, 0.25) is 5.91 Å². The SMILES string of the molecule is COc1ccc(CN2C([C@@H](Cc3c[nH]c4ccccc34)NC(=O)C3CNCCN3)=NNC2CCc2c[nH]c3ccccc23)cc1. The second kappa shape index (κ2) is 13.1. The number of hydrogen-bond acceptors (Lipinski definition) is 7. The summed E-state index contributed by atoms with van der Waals surface area (Å²) in [6.45, 7) is 2.84. The number of carbonyl (C=O) groups excluding carboxylic acids is 1. The van der Waals surface area contributed by atoms with E-state index in [1.165, 1.54) is 10.9 Å². The number of para-hydroxylation sites is 2. The van der Waals surface area contributed by atoms with Crippen molar-refractivity contribution in [2.75, 3.05) is 26.7 Å². The second-order valence-corrected chi connectivity index (χ2v) is 11.8. The summed E-state index contributed by atoms with van der Waals surface area (Å²) >= 11 is 0. The first-order valence-electron chi connectivity index (χ1n) is 15.7. The molecule has 10 nitrogen and oxygen atoms in total. The molecule has 0 bridgehead atoms. The summed E-state index contributed by atoms with van der Waals surface area (Å²) in [5, 5.41) is 17.4. The quantitative estimate of drug-likeness (QED) is 0.137. The molecule has 7 rings (SSSR count). The van der Waals surface area contributed by atoms with Crippen molar-refractivity contribution in [3.05, 3.63) is 102 Å². The Morgan fingerprint density at radius 2 is 1.67 bits per heavy atom. The van der Waals surface area contributed by atoms with Crippen LogP contribution in [0.1, 0.15) is 23.1 Å². The Hall–Kier alpha value is -4.80. The molecule has 1 fully saturated rings. The summed E-state index contributed by atoms with van der Waals surface area (Å²) in [5.41, 5.74) is 9.23. The molecule has 3 atom stereocenters. The normalized spacial score (nSPS) is 19.0. The van der Waals surface area contributed by atoms with Crippen LogP contribution in [0.5, 0.6) is 5.75 Å². The standard InChI is InChI=1S/C35H40N8O2/c1-45-26-13-10-23(11-14-26)22-43-33(15-12-24-19-38-29-8-4-2-6-27(24)29)41-42-34(43)31(40-35(44)32-21-36-16-17-37-32)18-25-20-39-30-9-5-3-7-28(25)30/h2-11,13-14,19-20,31-33,36-39,41H,12,15-18,21-22H2,1H3,(H,40,44)/t31-,32?,33?/m1/s1. The molecule has 1 saturated heterocycles. The zero-order valence-electron chi connectivity index (χ0n) is 25.5. The molecule has 0 radical (unpaired) electrons. The number of amidine groups is 1. The van der Waals surface area contributed by atoms with Crippen LogP contribution in [0.4, 0.5) is 0 Å². The van der Waals surface area contributed by atoms with Gasteiger partial charge in [0.1, 0.15) is 17.8 Å². The minimum atomic E-state index is -0.343. The third-order valence-corrected chi connectivity index (χ3v) is 8.96. The fourth-order valence-electron chi connectivity index (χ4n) is 6.52. The third kappa shape index (κ3) is 6.25. The fourth-order valence-corrected chi connectivity index (χ4v) is 6.52. The van der Waals surface area contributed by atoms with Crippen molar-refractivity contribution in [1.82, 2.24) is 36.2 Å². The average molecular weight is 605 g/mol. The molecule has 0 saturated carbocycles. The van der Waals surface area contributed by atoms with E-state index in [1.54, 1.807) is 7.11 Å². The number of aromatic nitrogens is 2. The Morgan fingerprint density at radius 3 is 2.38 bits per heavy atom. The number of aryl methyl sites for hydroxylation is 1. The van der Waals surface area contributed by atoms with Crippen LogP contribution >= 0.6 is 0 Å². The molecular formula is C35H40N8O2. The Kier molecular flexibility index (Phi) is 8.39. The van der Waals surface area contributed by atoms with Gasteiger partial charge in [0.15, 0.2) is 0 Å². The minimum absolute atomic E-state index is 0.0265. The summed E-state index contributed by atoms with van der Waals surface area (Å²) < 4.78 is 5.42. The summed E-state index contributed by atoms with van der Waals surface area (Å²) in [6, 6.07) is 24.2. The van der Waals surface area contributed by atoms with Gasteiger partial charge in [-0.15, -0.1) is 0 Å². The Morgan fingerprint density at radius 1 is 0.956 bits per heavy atom. The molecule has 2 aromatic heterocycles. The lowest BCUT2D eigenvalue weighted by Gasteiger charge is -2.32. The molecule has 5 aromatic rings. The van der Waals surface area contributed by atoms with Crippen molar-refractivity contribution in [3.8, 4) is 5.75 Å². The van der Waals surface area contributed by atoms with Gasteiger partial charge in [0.25, 0.3) is 0 Å². The van der Waals surface area contributed by atoms with Gasteiger partial charge < -0.3 is 35.6 Å². The monoisotopic (exact) mass is 604 g/mol. The van der Waals surface area contributed by atoms with Crippen molar-refractivity contribution in [3.63, 3.8) is 0 Å². The molecule has 45 heavy (non-hydrogen) atoms. The first kappa shape index (κ1) is 28.9. The minimum Gasteiger partial charge on any atom is -0.497 e. The molecule has 4 heterocycles. The van der Waals surface area contributed by atoms with Gasteiger partial charge in [-0.25, -0.2) is 0 Å². The van der Waals surface area contributed by atoms with E-state index < -0.39 is 0 Å². The van der Waals surface area contributed by atoms with Gasteiger partial charge in [-0.2, -0.15) is 5.10 Å². The maximum atomic E-state index is 13.6. The van der Waals surface area contributed by atoms with E-state index in [9.17, 15) is 4.79 Å². The van der Waals surface area contributed by atoms with Crippen molar-refractivity contribution in [1.29, 1.82) is 0 Å². The Balaban J connectivity index is 1.18. The van der Waals surface area contributed by atoms with Crippen LogP contribution < -0.4 is 26.1 Å². The van der Waals surface area contributed by atoms with E-state index in [-0.39, 0.29) is 24.2 Å². The number of rotatable bonds is 11.